The van der Waals surface area contributed by atoms with Gasteiger partial charge in [0.1, 0.15) is 5.82 Å². The van der Waals surface area contributed by atoms with Crippen LogP contribution in [0.25, 0.3) is 0 Å². The van der Waals surface area contributed by atoms with E-state index in [4.69, 9.17) is 0 Å². The van der Waals surface area contributed by atoms with Crippen molar-refractivity contribution in [1.29, 1.82) is 0 Å². The zero-order valence-corrected chi connectivity index (χ0v) is 19.7. The van der Waals surface area contributed by atoms with Crippen LogP contribution in [-0.4, -0.2) is 33.3 Å². The van der Waals surface area contributed by atoms with Crippen molar-refractivity contribution in [3.8, 4) is 0 Å². The van der Waals surface area contributed by atoms with E-state index in [1.54, 1.807) is 17.0 Å². The number of amides is 2. The molecule has 7 nitrogen and oxygen atoms in total. The topological polar surface area (TPSA) is 86.8 Å². The molecule has 3 aromatic carbocycles. The van der Waals surface area contributed by atoms with Crippen LogP contribution in [0.5, 0.6) is 0 Å². The molecule has 0 saturated carbocycles. The highest BCUT2D eigenvalue weighted by atomic mass is 32.2. The number of nitrogens with zero attached hydrogens (tertiary/aromatic N) is 2. The molecular weight excluding hydrogens is 469 g/mol. The van der Waals surface area contributed by atoms with Gasteiger partial charge in [0.25, 0.3) is 10.0 Å². The van der Waals surface area contributed by atoms with E-state index in [2.05, 4.69) is 5.32 Å². The van der Waals surface area contributed by atoms with Gasteiger partial charge in [0.05, 0.1) is 16.5 Å². The molecule has 0 unspecified atom stereocenters. The van der Waals surface area contributed by atoms with Gasteiger partial charge in [-0.05, 0) is 66.9 Å². The molecule has 1 N–H and O–H groups in total. The lowest BCUT2D eigenvalue weighted by Crippen LogP contribution is -2.35. The Morgan fingerprint density at radius 1 is 1.00 bits per heavy atom. The number of anilines is 3. The van der Waals surface area contributed by atoms with Crippen LogP contribution in [-0.2, 0) is 26.0 Å². The summed E-state index contributed by atoms with van der Waals surface area (Å²) in [6.45, 7) is 0.567. The summed E-state index contributed by atoms with van der Waals surface area (Å²) in [5.41, 5.74) is 2.56. The van der Waals surface area contributed by atoms with E-state index in [-0.39, 0.29) is 36.2 Å². The minimum Gasteiger partial charge on any atom is -0.326 e. The molecular formula is C26H24FN3O4S. The van der Waals surface area contributed by atoms with Crippen molar-refractivity contribution in [2.45, 2.75) is 24.2 Å². The first-order chi connectivity index (χ1) is 16.8. The summed E-state index contributed by atoms with van der Waals surface area (Å²) < 4.78 is 41.2. The Morgan fingerprint density at radius 3 is 2.49 bits per heavy atom. The number of halogens is 1. The minimum atomic E-state index is -3.90. The maximum atomic E-state index is 13.3. The zero-order chi connectivity index (χ0) is 24.6. The number of hydrogen-bond donors (Lipinski definition) is 1. The average Bonchev–Trinajstić information content (AvgIpc) is 3.26. The van der Waals surface area contributed by atoms with E-state index in [0.717, 1.165) is 23.4 Å². The van der Waals surface area contributed by atoms with Gasteiger partial charge in [0, 0.05) is 30.9 Å². The Kier molecular flexibility index (Phi) is 6.02. The molecule has 0 spiro atoms. The molecule has 2 aliphatic heterocycles. The Hall–Kier alpha value is -3.72. The highest BCUT2D eigenvalue weighted by Crippen LogP contribution is 2.35. The number of para-hydroxylation sites is 1. The maximum absolute atomic E-state index is 13.3. The van der Waals surface area contributed by atoms with E-state index in [9.17, 15) is 22.4 Å². The van der Waals surface area contributed by atoms with Crippen LogP contribution in [0.2, 0.25) is 0 Å². The van der Waals surface area contributed by atoms with E-state index in [1.165, 1.54) is 16.4 Å². The molecule has 1 fully saturated rings. The van der Waals surface area contributed by atoms with Gasteiger partial charge in [-0.1, -0.05) is 24.3 Å². The monoisotopic (exact) mass is 493 g/mol. The van der Waals surface area contributed by atoms with Gasteiger partial charge in [0.2, 0.25) is 11.8 Å². The summed E-state index contributed by atoms with van der Waals surface area (Å²) in [6, 6.07) is 19.2. The molecule has 35 heavy (non-hydrogen) atoms. The molecule has 2 heterocycles. The Balaban J connectivity index is 1.36. The summed E-state index contributed by atoms with van der Waals surface area (Å²) in [5, 5.41) is 2.86. The van der Waals surface area contributed by atoms with Crippen LogP contribution in [0.4, 0.5) is 21.5 Å². The van der Waals surface area contributed by atoms with E-state index in [0.29, 0.717) is 24.2 Å². The van der Waals surface area contributed by atoms with Crippen molar-refractivity contribution in [3.05, 3.63) is 84.2 Å². The van der Waals surface area contributed by atoms with E-state index >= 15 is 0 Å². The lowest BCUT2D eigenvalue weighted by molar-refractivity contribution is -0.122. The number of benzene rings is 3. The first-order valence-electron chi connectivity index (χ1n) is 11.4. The lowest BCUT2D eigenvalue weighted by Gasteiger charge is -2.31. The second-order valence-corrected chi connectivity index (χ2v) is 10.6. The predicted molar refractivity (Wildman–Crippen MR) is 131 cm³/mol. The third kappa shape index (κ3) is 4.51. The molecule has 0 radical (unpaired) electrons. The predicted octanol–water partition coefficient (Wildman–Crippen LogP) is 3.96. The first kappa shape index (κ1) is 23.0. The van der Waals surface area contributed by atoms with Crippen LogP contribution in [0.15, 0.2) is 77.7 Å². The summed E-state index contributed by atoms with van der Waals surface area (Å²) in [7, 11) is -3.90. The molecule has 2 amide bonds. The van der Waals surface area contributed by atoms with Crippen LogP contribution < -0.4 is 14.5 Å². The Labute approximate surface area is 203 Å². The smallest absolute Gasteiger partial charge is 0.264 e. The number of hydrogen-bond acceptors (Lipinski definition) is 4. The molecule has 0 bridgehead atoms. The number of carbonyl (C=O) groups is 2. The fourth-order valence-corrected chi connectivity index (χ4v) is 6.12. The molecule has 1 saturated heterocycles. The van der Waals surface area contributed by atoms with E-state index in [1.807, 2.05) is 36.4 Å². The van der Waals surface area contributed by atoms with Crippen molar-refractivity contribution in [1.82, 2.24) is 0 Å². The van der Waals surface area contributed by atoms with Crippen LogP contribution in [0.3, 0.4) is 0 Å². The largest absolute Gasteiger partial charge is 0.326 e. The standard InChI is InChI=1S/C26H24FN3O4S/c27-20-9-12-23(13-10-20)35(33,34)30-14-4-5-18-8-11-21(16-24(18)30)28-26(32)19-15-25(31)29(17-19)22-6-2-1-3-7-22/h1-3,6-13,16,19H,4-5,14-15,17H2,(H,28,32)/t19-/m0/s1. The molecule has 3 aromatic rings. The van der Waals surface area contributed by atoms with Crippen molar-refractivity contribution >= 4 is 38.9 Å². The third-order valence-electron chi connectivity index (χ3n) is 6.39. The van der Waals surface area contributed by atoms with Crippen molar-refractivity contribution < 1.29 is 22.4 Å². The van der Waals surface area contributed by atoms with Gasteiger partial charge in [-0.2, -0.15) is 0 Å². The number of sulfonamides is 1. The Morgan fingerprint density at radius 2 is 1.74 bits per heavy atom. The fraction of sp³-hybridized carbons (Fsp3) is 0.231. The summed E-state index contributed by atoms with van der Waals surface area (Å²) in [4.78, 5) is 27.1. The van der Waals surface area contributed by atoms with Gasteiger partial charge in [-0.3, -0.25) is 13.9 Å². The van der Waals surface area contributed by atoms with E-state index < -0.39 is 21.8 Å². The second-order valence-electron chi connectivity index (χ2n) is 8.71. The molecule has 9 heteroatoms. The minimum absolute atomic E-state index is 0.00617. The molecule has 180 valence electrons. The molecule has 2 aliphatic rings. The fourth-order valence-electron chi connectivity index (χ4n) is 4.59. The molecule has 0 aromatic heterocycles. The van der Waals surface area contributed by atoms with Crippen LogP contribution >= 0.6 is 0 Å². The SMILES string of the molecule is O=C(Nc1ccc2c(c1)N(S(=O)(=O)c1ccc(F)cc1)CCC2)[C@H]1CC(=O)N(c2ccccc2)C1. The van der Waals surface area contributed by atoms with Gasteiger partial charge >= 0.3 is 0 Å². The second kappa shape index (κ2) is 9.14. The summed E-state index contributed by atoms with van der Waals surface area (Å²) in [6.07, 6.45) is 1.47. The van der Waals surface area contributed by atoms with Gasteiger partial charge in [0.15, 0.2) is 0 Å². The lowest BCUT2D eigenvalue weighted by atomic mass is 10.0. The van der Waals surface area contributed by atoms with Crippen molar-refractivity contribution in [2.75, 3.05) is 27.6 Å². The highest BCUT2D eigenvalue weighted by Gasteiger charge is 2.35. The van der Waals surface area contributed by atoms with Crippen LogP contribution in [0, 0.1) is 11.7 Å². The molecule has 1 atom stereocenters. The number of aryl methyl sites for hydroxylation is 1. The Bertz CT molecular complexity index is 1380. The van der Waals surface area contributed by atoms with Crippen molar-refractivity contribution in [3.63, 3.8) is 0 Å². The maximum Gasteiger partial charge on any atom is 0.264 e. The number of fused-ring (bicyclic) bond motifs is 1. The zero-order valence-electron chi connectivity index (χ0n) is 18.9. The third-order valence-corrected chi connectivity index (χ3v) is 8.22. The number of rotatable bonds is 5. The summed E-state index contributed by atoms with van der Waals surface area (Å²) in [5.74, 6) is -1.43. The van der Waals surface area contributed by atoms with Gasteiger partial charge in [-0.25, -0.2) is 12.8 Å². The molecule has 0 aliphatic carbocycles. The average molecular weight is 494 g/mol. The summed E-state index contributed by atoms with van der Waals surface area (Å²) >= 11 is 0. The van der Waals surface area contributed by atoms with Crippen molar-refractivity contribution in [2.24, 2.45) is 5.92 Å². The normalized spacial score (nSPS) is 17.9. The van der Waals surface area contributed by atoms with Gasteiger partial charge in [-0.15, -0.1) is 0 Å². The van der Waals surface area contributed by atoms with Crippen LogP contribution in [0.1, 0.15) is 18.4 Å². The number of carbonyl (C=O) groups excluding carboxylic acids is 2. The quantitative estimate of drug-likeness (QED) is 0.583. The highest BCUT2D eigenvalue weighted by molar-refractivity contribution is 7.92. The molecule has 5 rings (SSSR count). The number of nitrogens with one attached hydrogen (secondary N) is 1. The first-order valence-corrected chi connectivity index (χ1v) is 12.8. The van der Waals surface area contributed by atoms with Gasteiger partial charge < -0.3 is 10.2 Å².